The molecule has 0 saturated heterocycles. The van der Waals surface area contributed by atoms with Gasteiger partial charge in [-0.15, -0.1) is 0 Å². The van der Waals surface area contributed by atoms with E-state index in [0.29, 0.717) is 0 Å². The highest BCUT2D eigenvalue weighted by atomic mass is 32.2. The third kappa shape index (κ3) is 5.74. The number of fused-ring (bicyclic) bond motifs is 13. The second-order valence-electron chi connectivity index (χ2n) is 19.7. The van der Waals surface area contributed by atoms with Crippen LogP contribution in [0, 0.1) is 11.6 Å². The Morgan fingerprint density at radius 1 is 0.378 bits per heavy atom. The van der Waals surface area contributed by atoms with E-state index >= 15 is 8.78 Å². The minimum atomic E-state index is -0.629. The maximum absolute atomic E-state index is 17.3. The molecule has 1 aromatic heterocycles. The van der Waals surface area contributed by atoms with E-state index in [1.807, 2.05) is 11.0 Å². The van der Waals surface area contributed by atoms with Crippen molar-refractivity contribution in [1.82, 2.24) is 4.57 Å². The molecule has 344 valence electrons. The Morgan fingerprint density at radius 3 is 1.64 bits per heavy atom. The van der Waals surface area contributed by atoms with Crippen molar-refractivity contribution >= 4 is 114 Å². The Bertz CT molecular complexity index is 4320. The molecule has 11 aromatic carbocycles. The van der Waals surface area contributed by atoms with Gasteiger partial charge in [0.25, 0.3) is 6.71 Å². The van der Waals surface area contributed by atoms with Crippen LogP contribution in [0.15, 0.2) is 246 Å². The first-order valence-electron chi connectivity index (χ1n) is 25.2. The first-order chi connectivity index (χ1) is 36.6. The summed E-state index contributed by atoms with van der Waals surface area (Å²) < 4.78 is 37.0. The van der Waals surface area contributed by atoms with Crippen LogP contribution in [-0.4, -0.2) is 18.0 Å². The highest BCUT2D eigenvalue weighted by molar-refractivity contribution is 8.00. The molecular weight excluding hydrogens is 926 g/mol. The van der Waals surface area contributed by atoms with Crippen LogP contribution in [0.3, 0.4) is 0 Å². The van der Waals surface area contributed by atoms with Gasteiger partial charge in [0.15, 0.2) is 0 Å². The second-order valence-corrected chi connectivity index (χ2v) is 20.8. The molecule has 0 amide bonds. The van der Waals surface area contributed by atoms with Crippen LogP contribution in [0.2, 0.25) is 0 Å². The predicted molar refractivity (Wildman–Crippen MR) is 306 cm³/mol. The highest BCUT2D eigenvalue weighted by Gasteiger charge is 2.52. The van der Waals surface area contributed by atoms with Gasteiger partial charge in [0.2, 0.25) is 6.71 Å². The number of para-hydroxylation sites is 4. The van der Waals surface area contributed by atoms with Gasteiger partial charge in [-0.2, -0.15) is 0 Å². The number of hydrogen-bond acceptors (Lipinski definition) is 3. The number of hydrogen-bond donors (Lipinski definition) is 0. The molecule has 16 rings (SSSR count). The fourth-order valence-electron chi connectivity index (χ4n) is 13.0. The molecule has 12 aromatic rings. The summed E-state index contributed by atoms with van der Waals surface area (Å²) >= 11 is 1.78. The van der Waals surface area contributed by atoms with Gasteiger partial charge in [0.1, 0.15) is 17.3 Å². The molecule has 0 saturated carbocycles. The van der Waals surface area contributed by atoms with Crippen molar-refractivity contribution in [3.63, 3.8) is 0 Å². The summed E-state index contributed by atoms with van der Waals surface area (Å²) in [5.74, 6) is -1.26. The van der Waals surface area contributed by atoms with Crippen LogP contribution in [0.1, 0.15) is 0 Å². The normalized spacial score (nSPS) is 13.4. The van der Waals surface area contributed by atoms with Crippen LogP contribution in [0.25, 0.3) is 60.9 Å². The fourth-order valence-corrected chi connectivity index (χ4v) is 14.3. The van der Waals surface area contributed by atoms with E-state index < -0.39 is 11.6 Å². The second kappa shape index (κ2) is 15.8. The van der Waals surface area contributed by atoms with Crippen molar-refractivity contribution in [1.29, 1.82) is 0 Å². The molecule has 0 aliphatic carbocycles. The molecule has 5 heterocycles. The molecule has 0 atom stereocenters. The number of aromatic nitrogens is 1. The van der Waals surface area contributed by atoms with E-state index in [9.17, 15) is 0 Å². The van der Waals surface area contributed by atoms with Gasteiger partial charge in [-0.05, 0) is 116 Å². The summed E-state index contributed by atoms with van der Waals surface area (Å²) in [7, 11) is 0. The molecule has 4 aliphatic rings. The third-order valence-electron chi connectivity index (χ3n) is 15.9. The van der Waals surface area contributed by atoms with E-state index in [1.165, 1.54) is 34.6 Å². The molecule has 3 nitrogen and oxygen atoms in total. The summed E-state index contributed by atoms with van der Waals surface area (Å²) in [6.07, 6.45) is 0. The Balaban J connectivity index is 1.13. The van der Waals surface area contributed by atoms with Crippen LogP contribution in [0.5, 0.6) is 0 Å². The number of halogens is 2. The zero-order chi connectivity index (χ0) is 48.8. The fraction of sp³-hybridized carbons (Fsp3) is 0. The quantitative estimate of drug-likeness (QED) is 0.159. The summed E-state index contributed by atoms with van der Waals surface area (Å²) in [6.45, 7) is -0.498. The minimum absolute atomic E-state index is 0.0983. The lowest BCUT2D eigenvalue weighted by Crippen LogP contribution is -2.68. The molecule has 0 unspecified atom stereocenters. The molecule has 74 heavy (non-hydrogen) atoms. The van der Waals surface area contributed by atoms with Gasteiger partial charge < -0.3 is 14.4 Å². The smallest absolute Gasteiger partial charge is 0.252 e. The number of nitrogens with zero attached hydrogens (tertiary/aromatic N) is 3. The van der Waals surface area contributed by atoms with Crippen LogP contribution < -0.4 is 42.6 Å². The Kier molecular flexibility index (Phi) is 8.93. The number of rotatable bonds is 5. The zero-order valence-electron chi connectivity index (χ0n) is 39.7. The largest absolute Gasteiger partial charge is 0.312 e. The minimum Gasteiger partial charge on any atom is -0.312 e. The van der Waals surface area contributed by atoms with Crippen LogP contribution in [0.4, 0.5) is 42.9 Å². The van der Waals surface area contributed by atoms with Crippen molar-refractivity contribution < 1.29 is 8.78 Å². The molecule has 8 heteroatoms. The van der Waals surface area contributed by atoms with E-state index in [1.54, 1.807) is 11.8 Å². The molecule has 0 fully saturated rings. The van der Waals surface area contributed by atoms with Crippen molar-refractivity contribution in [3.05, 3.63) is 248 Å². The first-order valence-corrected chi connectivity index (χ1v) is 26.0. The summed E-state index contributed by atoms with van der Waals surface area (Å²) in [4.78, 5) is 6.68. The van der Waals surface area contributed by atoms with Gasteiger partial charge in [0.05, 0.1) is 16.7 Å². The van der Waals surface area contributed by atoms with E-state index in [-0.39, 0.29) is 19.1 Å². The summed E-state index contributed by atoms with van der Waals surface area (Å²) in [5.41, 5.74) is 21.1. The molecule has 0 radical (unpaired) electrons. The number of anilines is 6. The topological polar surface area (TPSA) is 11.4 Å². The van der Waals surface area contributed by atoms with Gasteiger partial charge in [-0.25, -0.2) is 8.78 Å². The first kappa shape index (κ1) is 41.7. The van der Waals surface area contributed by atoms with Crippen molar-refractivity contribution in [2.45, 2.75) is 9.79 Å². The average Bonchev–Trinajstić information content (AvgIpc) is 3.94. The standard InChI is InChI=1S/C66H39B2F2N3S/c69-51-28-17-29-52(70)63(51)73-54-31-14-11-26-47(54)67-49-38-42(40-18-4-1-5-19-40)34-36-55(49)72-56-37-35-43(41-20-6-2-7-21-41)39-50(56)68-48-27-12-15-33-58(48)74-66-60(64(73)61(67)65(72)62(66)68)46-25-16-32-57-59(46)45-24-10-13-30-53(45)71(57)44-22-8-3-9-23-44/h1-39H. The predicted octanol–water partition coefficient (Wildman–Crippen LogP) is 13.4. The van der Waals surface area contributed by atoms with Crippen LogP contribution in [-0.2, 0) is 0 Å². The van der Waals surface area contributed by atoms with Crippen molar-refractivity contribution in [2.24, 2.45) is 0 Å². The SMILES string of the molecule is Fc1cccc(F)c1N1c2ccccc2B2c3cc(-c4ccccc4)ccc3N3c4ccc(-c5ccccc5)cc4B4c5ccccc5Sc5c4c3c2c1c5-c1cccc2c1c1ccccc1n2-c1ccccc1. The van der Waals surface area contributed by atoms with E-state index in [2.05, 4.69) is 222 Å². The molecule has 0 N–H and O–H groups in total. The van der Waals surface area contributed by atoms with Gasteiger partial charge in [-0.1, -0.05) is 193 Å². The highest BCUT2D eigenvalue weighted by Crippen LogP contribution is 2.55. The molecule has 0 spiro atoms. The average molecular weight is 966 g/mol. The lowest BCUT2D eigenvalue weighted by Gasteiger charge is -2.50. The van der Waals surface area contributed by atoms with Gasteiger partial charge in [0, 0.05) is 54.6 Å². The van der Waals surface area contributed by atoms with Gasteiger partial charge >= 0.3 is 0 Å². The van der Waals surface area contributed by atoms with Gasteiger partial charge in [-0.3, -0.25) is 0 Å². The lowest BCUT2D eigenvalue weighted by atomic mass is 9.29. The van der Waals surface area contributed by atoms with E-state index in [0.717, 1.165) is 115 Å². The van der Waals surface area contributed by atoms with Crippen LogP contribution >= 0.6 is 11.8 Å². The van der Waals surface area contributed by atoms with Crippen molar-refractivity contribution in [2.75, 3.05) is 9.80 Å². The Hall–Kier alpha value is -8.84. The third-order valence-corrected chi connectivity index (χ3v) is 17.2. The molecule has 4 aliphatic heterocycles. The van der Waals surface area contributed by atoms with E-state index in [4.69, 9.17) is 0 Å². The maximum Gasteiger partial charge on any atom is 0.252 e. The molecular formula is C66H39B2F2N3S. The zero-order valence-corrected chi connectivity index (χ0v) is 40.5. The maximum atomic E-state index is 17.3. The summed E-state index contributed by atoms with van der Waals surface area (Å²) in [5, 5.41) is 2.17. The summed E-state index contributed by atoms with van der Waals surface area (Å²) in [6, 6.07) is 82.4. The molecule has 0 bridgehead atoms. The monoisotopic (exact) mass is 965 g/mol. The number of benzene rings is 11. The Morgan fingerprint density at radius 2 is 0.932 bits per heavy atom. The lowest BCUT2D eigenvalue weighted by molar-refractivity contribution is 0.586. The Labute approximate surface area is 431 Å². The van der Waals surface area contributed by atoms with Crippen molar-refractivity contribution in [3.8, 4) is 39.1 Å².